The molecule has 146 valence electrons. The zero-order valence-corrected chi connectivity index (χ0v) is 18.4. The van der Waals surface area contributed by atoms with Crippen LogP contribution in [0.3, 0.4) is 0 Å². The van der Waals surface area contributed by atoms with Gasteiger partial charge in [0.2, 0.25) is 0 Å². The summed E-state index contributed by atoms with van der Waals surface area (Å²) in [6, 6.07) is 30.3. The number of aromatic nitrogens is 1. The van der Waals surface area contributed by atoms with Crippen LogP contribution in [0.1, 0.15) is 12.5 Å². The van der Waals surface area contributed by atoms with Crippen molar-refractivity contribution in [2.24, 2.45) is 4.99 Å². The van der Waals surface area contributed by atoms with E-state index in [0.29, 0.717) is 0 Å². The van der Waals surface area contributed by atoms with Gasteiger partial charge in [-0.3, -0.25) is 0 Å². The second kappa shape index (κ2) is 8.61. The monoisotopic (exact) mass is 496 g/mol. The van der Waals surface area contributed by atoms with Crippen molar-refractivity contribution >= 4 is 43.1 Å². The molecule has 4 rings (SSSR count). The third kappa shape index (κ3) is 4.40. The molecule has 0 radical (unpaired) electrons. The van der Waals surface area contributed by atoms with E-state index in [1.807, 2.05) is 72.8 Å². The molecule has 1 heterocycles. The fourth-order valence-electron chi connectivity index (χ4n) is 2.96. The van der Waals surface area contributed by atoms with Crippen LogP contribution in [0.15, 0.2) is 96.0 Å². The zero-order valence-electron chi connectivity index (χ0n) is 16.2. The molecule has 0 saturated carbocycles. The van der Waals surface area contributed by atoms with E-state index >= 15 is 0 Å². The molecule has 0 N–H and O–H groups in total. The van der Waals surface area contributed by atoms with Gasteiger partial charge in [-0.25, -0.2) is 0 Å². The molecule has 0 bridgehead atoms. The van der Waals surface area contributed by atoms with Gasteiger partial charge in [-0.05, 0) is 0 Å². The minimum absolute atomic E-state index is 0.277. The molecule has 0 fully saturated rings. The Balaban J connectivity index is 2.01. The van der Waals surface area contributed by atoms with Gasteiger partial charge in [-0.2, -0.15) is 0 Å². The fourth-order valence-corrected chi connectivity index (χ4v) is 7.21. The number of nitrogens with zero attached hydrogens (tertiary/aromatic N) is 2. The maximum atomic E-state index is 12.0. The molecule has 4 aromatic rings. The van der Waals surface area contributed by atoms with Crippen LogP contribution in [0.25, 0.3) is 10.9 Å². The molecule has 0 aliphatic heterocycles. The third-order valence-electron chi connectivity index (χ3n) is 4.29. The molecule has 0 aliphatic rings. The van der Waals surface area contributed by atoms with Crippen LogP contribution >= 0.6 is 20.5 Å². The van der Waals surface area contributed by atoms with E-state index in [2.05, 4.69) is 27.9 Å². The number of halogens is 1. The Morgan fingerprint density at radius 2 is 1.55 bits per heavy atom. The van der Waals surface area contributed by atoms with Crippen LogP contribution in [0, 0.1) is 10.5 Å². The normalized spacial score (nSPS) is 12.1. The maximum absolute atomic E-state index is 12.0. The topological polar surface area (TPSA) is 43.6 Å². The van der Waals surface area contributed by atoms with Crippen molar-refractivity contribution in [1.29, 1.82) is 0 Å². The van der Waals surface area contributed by atoms with Crippen LogP contribution in [0.5, 0.6) is 0 Å². The van der Waals surface area contributed by atoms with Gasteiger partial charge < -0.3 is 0 Å². The quantitative estimate of drug-likeness (QED) is 0.336. The van der Waals surface area contributed by atoms with Crippen LogP contribution in [-0.2, 0) is 7.86 Å². The molecule has 5 heteroatoms. The molecular weight excluding hydrogens is 475 g/mol. The molecule has 4 nitrogen and oxygen atoms in total. The van der Waals surface area contributed by atoms with Crippen molar-refractivity contribution in [2.75, 3.05) is 0 Å². The molecule has 1 aromatic heterocycles. The van der Waals surface area contributed by atoms with E-state index in [9.17, 15) is 4.79 Å². The van der Waals surface area contributed by atoms with Crippen molar-refractivity contribution in [3.63, 3.8) is 0 Å². The van der Waals surface area contributed by atoms with Crippen LogP contribution in [0.2, 0.25) is 0 Å². The number of hydrogen-bond donors (Lipinski definition) is 0. The number of para-hydroxylation sites is 1. The van der Waals surface area contributed by atoms with Crippen molar-refractivity contribution in [2.45, 2.75) is 13.8 Å². The second-order valence-corrected chi connectivity index (χ2v) is 10.5. The summed E-state index contributed by atoms with van der Waals surface area (Å²) in [4.78, 5) is 16.9. The summed E-state index contributed by atoms with van der Waals surface area (Å²) in [6.45, 7) is 3.52. The number of carbonyl (C=O) groups excluding carboxylic acids is 1. The fraction of sp³-hybridized carbons (Fsp3) is 0.0833. The summed E-state index contributed by atoms with van der Waals surface area (Å²) in [6.07, 6.45) is 0. The van der Waals surface area contributed by atoms with Gasteiger partial charge in [0.25, 0.3) is 0 Å². The molecule has 0 spiro atoms. The second-order valence-electron chi connectivity index (χ2n) is 6.57. The van der Waals surface area contributed by atoms with Crippen LogP contribution in [-0.4, -0.2) is 8.75 Å². The standard InChI is InChI=1S/C24H21IN2O2/c1-18-12-15-22(16-13-18)26-24-17-14-20-8-6-7-11-23(20)27(24)25(29-19(2)28)21-9-4-3-5-10-21/h3-17H,1-2H3. The van der Waals surface area contributed by atoms with Crippen molar-refractivity contribution in [1.82, 2.24) is 2.78 Å². The first-order valence-electron chi connectivity index (χ1n) is 9.29. The van der Waals surface area contributed by atoms with Gasteiger partial charge in [0.1, 0.15) is 0 Å². The van der Waals surface area contributed by atoms with Gasteiger partial charge >= 0.3 is 178 Å². The Morgan fingerprint density at radius 3 is 2.28 bits per heavy atom. The summed E-state index contributed by atoms with van der Waals surface area (Å²) in [5, 5.41) is 1.08. The van der Waals surface area contributed by atoms with E-state index in [1.54, 1.807) is 0 Å². The van der Waals surface area contributed by atoms with Crippen LogP contribution in [0.4, 0.5) is 5.69 Å². The Kier molecular flexibility index (Phi) is 5.76. The summed E-state index contributed by atoms with van der Waals surface area (Å²) in [5.41, 5.74) is 3.85. The van der Waals surface area contributed by atoms with Gasteiger partial charge in [-0.15, -0.1) is 0 Å². The van der Waals surface area contributed by atoms with E-state index in [4.69, 9.17) is 8.06 Å². The number of hydrogen-bond acceptors (Lipinski definition) is 3. The molecule has 0 unspecified atom stereocenters. The minimum atomic E-state index is -2.60. The average Bonchev–Trinajstić information content (AvgIpc) is 2.74. The predicted octanol–water partition coefficient (Wildman–Crippen LogP) is 5.80. The van der Waals surface area contributed by atoms with E-state index in [0.717, 1.165) is 25.6 Å². The molecule has 0 aliphatic carbocycles. The van der Waals surface area contributed by atoms with Crippen LogP contribution < -0.4 is 5.49 Å². The predicted molar refractivity (Wildman–Crippen MR) is 125 cm³/mol. The summed E-state index contributed by atoms with van der Waals surface area (Å²) in [5.74, 6) is -0.277. The number of benzene rings is 3. The Morgan fingerprint density at radius 1 is 0.862 bits per heavy atom. The average molecular weight is 496 g/mol. The first kappa shape index (κ1) is 19.4. The molecule has 0 atom stereocenters. The molecule has 29 heavy (non-hydrogen) atoms. The van der Waals surface area contributed by atoms with Gasteiger partial charge in [-0.1, -0.05) is 0 Å². The summed E-state index contributed by atoms with van der Waals surface area (Å²) >= 11 is -2.60. The summed E-state index contributed by atoms with van der Waals surface area (Å²) in [7, 11) is 0. The van der Waals surface area contributed by atoms with E-state index in [1.165, 1.54) is 12.5 Å². The zero-order chi connectivity index (χ0) is 20.2. The molecular formula is C24H21IN2O2. The first-order valence-corrected chi connectivity index (χ1v) is 12.2. The van der Waals surface area contributed by atoms with Crippen molar-refractivity contribution in [3.05, 3.63) is 106 Å². The van der Waals surface area contributed by atoms with E-state index in [-0.39, 0.29) is 5.97 Å². The van der Waals surface area contributed by atoms with Gasteiger partial charge in [0.15, 0.2) is 0 Å². The van der Waals surface area contributed by atoms with Crippen molar-refractivity contribution in [3.8, 4) is 0 Å². The van der Waals surface area contributed by atoms with E-state index < -0.39 is 20.5 Å². The summed E-state index contributed by atoms with van der Waals surface area (Å²) < 4.78 is 9.12. The van der Waals surface area contributed by atoms with Crippen molar-refractivity contribution < 1.29 is 7.86 Å². The number of rotatable bonds is 4. The molecule has 0 saturated heterocycles. The molecule has 0 amide bonds. The number of pyridine rings is 1. The number of fused-ring (bicyclic) bond motifs is 1. The van der Waals surface area contributed by atoms with Gasteiger partial charge in [0.05, 0.1) is 0 Å². The molecule has 3 aromatic carbocycles. The first-order chi connectivity index (χ1) is 14.1. The third-order valence-corrected chi connectivity index (χ3v) is 9.01. The Labute approximate surface area is 177 Å². The number of carbonyl (C=O) groups is 1. The Hall–Kier alpha value is -2.93. The Bertz CT molecular complexity index is 1220. The number of aryl methyl sites for hydroxylation is 1. The SMILES string of the molecule is CC(=O)OI(c1ccccc1)n1c(=Nc2ccc(C)cc2)ccc2ccccc21. The van der Waals surface area contributed by atoms with Gasteiger partial charge in [0, 0.05) is 0 Å².